The van der Waals surface area contributed by atoms with Crippen molar-refractivity contribution in [3.63, 3.8) is 0 Å². The van der Waals surface area contributed by atoms with Crippen LogP contribution in [0, 0.1) is 17.8 Å². The van der Waals surface area contributed by atoms with Crippen molar-refractivity contribution < 1.29 is 19.5 Å². The largest absolute Gasteiger partial charge is 0.480 e. The predicted molar refractivity (Wildman–Crippen MR) is 106 cm³/mol. The number of rotatable bonds is 7. The number of carbonyl (C=O) groups excluding carboxylic acids is 2. The topological polar surface area (TPSA) is 95.5 Å². The van der Waals surface area contributed by atoms with Crippen LogP contribution in [0.15, 0.2) is 29.2 Å². The number of carboxylic acids is 1. The quantitative estimate of drug-likeness (QED) is 0.610. The number of hydrogen-bond acceptors (Lipinski definition) is 4. The lowest BCUT2D eigenvalue weighted by Gasteiger charge is -2.56. The van der Waals surface area contributed by atoms with E-state index in [1.165, 1.54) is 31.0 Å². The van der Waals surface area contributed by atoms with Crippen LogP contribution >= 0.6 is 11.8 Å². The monoisotopic (exact) mass is 402 g/mol. The van der Waals surface area contributed by atoms with Crippen molar-refractivity contribution in [1.82, 2.24) is 10.6 Å². The molecule has 7 heteroatoms. The van der Waals surface area contributed by atoms with E-state index in [4.69, 9.17) is 5.11 Å². The summed E-state index contributed by atoms with van der Waals surface area (Å²) in [6, 6.07) is 6.98. The van der Waals surface area contributed by atoms with E-state index < -0.39 is 18.4 Å². The van der Waals surface area contributed by atoms with Gasteiger partial charge in [-0.15, -0.1) is 11.8 Å². The van der Waals surface area contributed by atoms with Crippen LogP contribution in [0.5, 0.6) is 0 Å². The Balaban J connectivity index is 1.35. The first kappa shape index (κ1) is 19.3. The SMILES string of the molecule is O=C(O)CNC(=O)c1ccccc1SCC(=O)NC12CC3CC(CC(C3)C1)C2. The van der Waals surface area contributed by atoms with E-state index in [2.05, 4.69) is 10.6 Å². The number of carbonyl (C=O) groups is 3. The maximum Gasteiger partial charge on any atom is 0.322 e. The average Bonchev–Trinajstić information content (AvgIpc) is 2.63. The molecule has 4 fully saturated rings. The molecule has 0 aliphatic heterocycles. The zero-order valence-electron chi connectivity index (χ0n) is 15.8. The van der Waals surface area contributed by atoms with Crippen LogP contribution in [0.4, 0.5) is 0 Å². The summed E-state index contributed by atoms with van der Waals surface area (Å²) >= 11 is 1.33. The maximum absolute atomic E-state index is 12.7. The standard InChI is InChI=1S/C21H26N2O4S/c24-18(23-21-8-13-5-14(9-21)7-15(6-13)10-21)12-28-17-4-2-1-3-16(17)20(27)22-11-19(25)26/h1-4,13-15H,5-12H2,(H,22,27)(H,23,24)(H,25,26). The van der Waals surface area contributed by atoms with Crippen LogP contribution < -0.4 is 10.6 Å². The molecule has 0 radical (unpaired) electrons. The Labute approximate surface area is 168 Å². The molecule has 0 heterocycles. The minimum atomic E-state index is -1.09. The Kier molecular flexibility index (Phi) is 5.36. The van der Waals surface area contributed by atoms with Crippen molar-refractivity contribution >= 4 is 29.5 Å². The van der Waals surface area contributed by atoms with Gasteiger partial charge in [-0.05, 0) is 68.4 Å². The number of carboxylic acid groups (broad SMARTS) is 1. The maximum atomic E-state index is 12.7. The van der Waals surface area contributed by atoms with Gasteiger partial charge in [0.15, 0.2) is 0 Å². The molecule has 1 aromatic rings. The highest BCUT2D eigenvalue weighted by Gasteiger charge is 2.51. The Bertz CT molecular complexity index is 759. The summed E-state index contributed by atoms with van der Waals surface area (Å²) in [5.74, 6) is 1.08. The molecule has 28 heavy (non-hydrogen) atoms. The lowest BCUT2D eigenvalue weighted by atomic mass is 9.53. The van der Waals surface area contributed by atoms with Crippen molar-refractivity contribution in [3.8, 4) is 0 Å². The van der Waals surface area contributed by atoms with Gasteiger partial charge in [-0.1, -0.05) is 12.1 Å². The van der Waals surface area contributed by atoms with E-state index in [0.717, 1.165) is 37.0 Å². The zero-order chi connectivity index (χ0) is 19.7. The number of thioether (sulfide) groups is 1. The van der Waals surface area contributed by atoms with Crippen LogP contribution in [0.1, 0.15) is 48.9 Å². The van der Waals surface area contributed by atoms with Gasteiger partial charge < -0.3 is 15.7 Å². The summed E-state index contributed by atoms with van der Waals surface area (Å²) in [4.78, 5) is 36.3. The Morgan fingerprint density at radius 1 is 1.04 bits per heavy atom. The van der Waals surface area contributed by atoms with Crippen molar-refractivity contribution in [2.75, 3.05) is 12.3 Å². The van der Waals surface area contributed by atoms with E-state index in [1.807, 2.05) is 6.07 Å². The highest BCUT2D eigenvalue weighted by Crippen LogP contribution is 2.55. The van der Waals surface area contributed by atoms with Gasteiger partial charge in [0, 0.05) is 10.4 Å². The molecule has 4 bridgehead atoms. The third kappa shape index (κ3) is 4.19. The molecule has 4 saturated carbocycles. The zero-order valence-corrected chi connectivity index (χ0v) is 16.6. The second-order valence-corrected chi connectivity index (χ2v) is 9.62. The Morgan fingerprint density at radius 3 is 2.25 bits per heavy atom. The molecule has 1 aromatic carbocycles. The summed E-state index contributed by atoms with van der Waals surface area (Å²) in [5, 5.41) is 14.5. The summed E-state index contributed by atoms with van der Waals surface area (Å²) < 4.78 is 0. The number of amides is 2. The first-order valence-electron chi connectivity index (χ1n) is 9.95. The molecule has 5 rings (SSSR count). The molecule has 6 nitrogen and oxygen atoms in total. The highest BCUT2D eigenvalue weighted by atomic mass is 32.2. The summed E-state index contributed by atoms with van der Waals surface area (Å²) in [6.45, 7) is -0.426. The molecule has 0 aromatic heterocycles. The van der Waals surface area contributed by atoms with Gasteiger partial charge in [0.2, 0.25) is 5.91 Å². The molecule has 0 saturated heterocycles. The highest BCUT2D eigenvalue weighted by molar-refractivity contribution is 8.00. The fourth-order valence-corrected chi connectivity index (χ4v) is 6.62. The van der Waals surface area contributed by atoms with Gasteiger partial charge in [-0.25, -0.2) is 0 Å². The third-order valence-corrected chi connectivity index (χ3v) is 7.41. The van der Waals surface area contributed by atoms with Crippen molar-refractivity contribution in [3.05, 3.63) is 29.8 Å². The molecule has 150 valence electrons. The summed E-state index contributed by atoms with van der Waals surface area (Å²) in [7, 11) is 0. The third-order valence-electron chi connectivity index (χ3n) is 6.33. The smallest absolute Gasteiger partial charge is 0.322 e. The summed E-state index contributed by atoms with van der Waals surface area (Å²) in [6.07, 6.45) is 7.35. The van der Waals surface area contributed by atoms with Crippen molar-refractivity contribution in [2.45, 2.75) is 49.0 Å². The second kappa shape index (κ2) is 7.78. The molecule has 0 spiro atoms. The van der Waals surface area contributed by atoms with Crippen molar-refractivity contribution in [1.29, 1.82) is 0 Å². The molecule has 0 atom stereocenters. The van der Waals surface area contributed by atoms with Gasteiger partial charge in [-0.3, -0.25) is 14.4 Å². The molecule has 2 amide bonds. The van der Waals surface area contributed by atoms with E-state index in [0.29, 0.717) is 10.5 Å². The molecule has 4 aliphatic carbocycles. The Morgan fingerprint density at radius 2 is 1.64 bits per heavy atom. The van der Waals surface area contributed by atoms with Crippen LogP contribution in [0.3, 0.4) is 0 Å². The molecule has 4 aliphatic rings. The van der Waals surface area contributed by atoms with Gasteiger partial charge in [0.1, 0.15) is 6.54 Å². The van der Waals surface area contributed by atoms with E-state index in [9.17, 15) is 14.4 Å². The number of aliphatic carboxylic acids is 1. The van der Waals surface area contributed by atoms with E-state index in [-0.39, 0.29) is 17.2 Å². The minimum absolute atomic E-state index is 0.00915. The van der Waals surface area contributed by atoms with Gasteiger partial charge in [0.25, 0.3) is 5.91 Å². The molecule has 0 unspecified atom stereocenters. The second-order valence-electron chi connectivity index (χ2n) is 8.61. The molecular formula is C21H26N2O4S. The van der Waals surface area contributed by atoms with Gasteiger partial charge in [-0.2, -0.15) is 0 Å². The minimum Gasteiger partial charge on any atom is -0.480 e. The predicted octanol–water partition coefficient (Wildman–Crippen LogP) is 2.68. The van der Waals surface area contributed by atoms with Crippen LogP contribution in [0.2, 0.25) is 0 Å². The first-order valence-corrected chi connectivity index (χ1v) is 10.9. The average molecular weight is 403 g/mol. The lowest BCUT2D eigenvalue weighted by Crippen LogP contribution is -2.60. The Hall–Kier alpha value is -2.02. The summed E-state index contributed by atoms with van der Waals surface area (Å²) in [5.41, 5.74) is 0.390. The van der Waals surface area contributed by atoms with Crippen molar-refractivity contribution in [2.24, 2.45) is 17.8 Å². The first-order chi connectivity index (χ1) is 13.4. The fourth-order valence-electron chi connectivity index (χ4n) is 5.77. The molecular weight excluding hydrogens is 376 g/mol. The van der Waals surface area contributed by atoms with Gasteiger partial charge >= 0.3 is 5.97 Å². The van der Waals surface area contributed by atoms with Crippen LogP contribution in [-0.2, 0) is 9.59 Å². The van der Waals surface area contributed by atoms with Crippen LogP contribution in [0.25, 0.3) is 0 Å². The van der Waals surface area contributed by atoms with E-state index in [1.54, 1.807) is 18.2 Å². The number of nitrogens with one attached hydrogen (secondary N) is 2. The number of benzene rings is 1. The normalized spacial score (nSPS) is 30.1. The molecule has 3 N–H and O–H groups in total. The van der Waals surface area contributed by atoms with E-state index >= 15 is 0 Å². The lowest BCUT2D eigenvalue weighted by molar-refractivity contribution is -0.135. The fraction of sp³-hybridized carbons (Fsp3) is 0.571. The number of hydrogen-bond donors (Lipinski definition) is 3. The van der Waals surface area contributed by atoms with Crippen LogP contribution in [-0.4, -0.2) is 40.7 Å². The van der Waals surface area contributed by atoms with Gasteiger partial charge in [0.05, 0.1) is 11.3 Å².